The number of aryl methyl sites for hydroxylation is 1. The Morgan fingerprint density at radius 2 is 1.96 bits per heavy atom. The van der Waals surface area contributed by atoms with Crippen LogP contribution >= 0.6 is 0 Å². The first-order valence-electron chi connectivity index (χ1n) is 8.07. The Labute approximate surface area is 135 Å². The second-order valence-electron chi connectivity index (χ2n) is 5.91. The Morgan fingerprint density at radius 3 is 2.74 bits per heavy atom. The summed E-state index contributed by atoms with van der Waals surface area (Å²) in [6, 6.07) is 9.58. The van der Waals surface area contributed by atoms with Gasteiger partial charge in [0, 0.05) is 31.4 Å². The number of aromatic nitrogens is 1. The van der Waals surface area contributed by atoms with Crippen LogP contribution in [0, 0.1) is 6.92 Å². The van der Waals surface area contributed by atoms with Crippen LogP contribution < -0.4 is 5.32 Å². The van der Waals surface area contributed by atoms with E-state index >= 15 is 0 Å². The molecule has 1 aromatic carbocycles. The molecule has 3 rings (SSSR count). The number of benzene rings is 1. The molecule has 0 aliphatic carbocycles. The molecule has 0 atom stereocenters. The van der Waals surface area contributed by atoms with Crippen molar-refractivity contribution < 1.29 is 9.59 Å². The van der Waals surface area contributed by atoms with Gasteiger partial charge in [-0.2, -0.15) is 0 Å². The number of hydrogen-bond acceptors (Lipinski definition) is 3. The molecule has 5 heteroatoms. The number of para-hydroxylation sites is 1. The van der Waals surface area contributed by atoms with Crippen LogP contribution in [0.15, 0.2) is 30.3 Å². The van der Waals surface area contributed by atoms with E-state index in [1.54, 1.807) is 0 Å². The molecule has 1 aliphatic rings. The summed E-state index contributed by atoms with van der Waals surface area (Å²) in [4.78, 5) is 30.6. The third-order valence-electron chi connectivity index (χ3n) is 4.24. The molecule has 23 heavy (non-hydrogen) atoms. The molecule has 1 aromatic heterocycles. The zero-order valence-electron chi connectivity index (χ0n) is 13.3. The molecule has 0 saturated carbocycles. The maximum absolute atomic E-state index is 12.3. The lowest BCUT2D eigenvalue weighted by molar-refractivity contribution is -0.129. The first kappa shape index (κ1) is 15.5. The van der Waals surface area contributed by atoms with Crippen molar-refractivity contribution in [3.63, 3.8) is 0 Å². The van der Waals surface area contributed by atoms with E-state index in [0.717, 1.165) is 36.8 Å². The van der Waals surface area contributed by atoms with E-state index in [9.17, 15) is 9.59 Å². The highest BCUT2D eigenvalue weighted by Gasteiger charge is 2.18. The van der Waals surface area contributed by atoms with Crippen molar-refractivity contribution in [1.29, 1.82) is 0 Å². The number of likely N-dealkylation sites (tertiary alicyclic amines) is 1. The van der Waals surface area contributed by atoms with Crippen LogP contribution in [0.1, 0.15) is 35.3 Å². The molecule has 120 valence electrons. The van der Waals surface area contributed by atoms with Crippen LogP contribution in [0.2, 0.25) is 0 Å². The summed E-state index contributed by atoms with van der Waals surface area (Å²) >= 11 is 0. The molecular formula is C18H21N3O2. The zero-order chi connectivity index (χ0) is 16.2. The highest BCUT2D eigenvalue weighted by molar-refractivity contribution is 5.98. The molecule has 0 unspecified atom stereocenters. The van der Waals surface area contributed by atoms with Crippen LogP contribution in [0.4, 0.5) is 0 Å². The second-order valence-corrected chi connectivity index (χ2v) is 5.91. The van der Waals surface area contributed by atoms with E-state index in [-0.39, 0.29) is 11.8 Å². The number of pyridine rings is 1. The number of fused-ring (bicyclic) bond motifs is 1. The second kappa shape index (κ2) is 6.77. The molecule has 0 bridgehead atoms. The molecule has 1 N–H and O–H groups in total. The zero-order valence-corrected chi connectivity index (χ0v) is 13.3. The molecular weight excluding hydrogens is 290 g/mol. The summed E-state index contributed by atoms with van der Waals surface area (Å²) in [5.74, 6) is -0.0499. The van der Waals surface area contributed by atoms with Crippen LogP contribution in [-0.4, -0.2) is 41.3 Å². The van der Waals surface area contributed by atoms with Crippen molar-refractivity contribution in [3.05, 3.63) is 41.6 Å². The summed E-state index contributed by atoms with van der Waals surface area (Å²) < 4.78 is 0. The predicted octanol–water partition coefficient (Wildman–Crippen LogP) is 2.29. The fourth-order valence-electron chi connectivity index (χ4n) is 2.94. The highest BCUT2D eigenvalue weighted by atomic mass is 16.2. The molecule has 2 aromatic rings. The van der Waals surface area contributed by atoms with E-state index in [4.69, 9.17) is 0 Å². The number of carbonyl (C=O) groups excluding carboxylic acids is 2. The molecule has 0 radical (unpaired) electrons. The maximum atomic E-state index is 12.3. The van der Waals surface area contributed by atoms with Crippen LogP contribution in [0.3, 0.4) is 0 Å². The first-order valence-corrected chi connectivity index (χ1v) is 8.07. The van der Waals surface area contributed by atoms with Gasteiger partial charge in [0.25, 0.3) is 5.91 Å². The summed E-state index contributed by atoms with van der Waals surface area (Å²) in [6.07, 6.45) is 2.52. The number of amides is 2. The van der Waals surface area contributed by atoms with E-state index in [0.29, 0.717) is 24.2 Å². The fraction of sp³-hybridized carbons (Fsp3) is 0.389. The van der Waals surface area contributed by atoms with Gasteiger partial charge in [-0.05, 0) is 31.9 Å². The molecule has 0 spiro atoms. The first-order chi connectivity index (χ1) is 11.1. The van der Waals surface area contributed by atoms with E-state index in [1.165, 1.54) is 0 Å². The molecule has 1 saturated heterocycles. The normalized spacial score (nSPS) is 14.2. The summed E-state index contributed by atoms with van der Waals surface area (Å²) in [6.45, 7) is 3.89. The lowest BCUT2D eigenvalue weighted by Gasteiger charge is -2.15. The third kappa shape index (κ3) is 3.50. The SMILES string of the molecule is Cc1nc2ccccc2cc1C(=O)NCCC(=O)N1CCCC1. The average Bonchev–Trinajstić information content (AvgIpc) is 3.08. The Balaban J connectivity index is 1.61. The standard InChI is InChI=1S/C18H21N3O2/c1-13-15(12-14-6-2-3-7-16(14)20-13)18(23)19-9-8-17(22)21-10-4-5-11-21/h2-3,6-7,12H,4-5,8-11H2,1H3,(H,19,23). The number of rotatable bonds is 4. The monoisotopic (exact) mass is 311 g/mol. The van der Waals surface area contributed by atoms with Gasteiger partial charge >= 0.3 is 0 Å². The van der Waals surface area contributed by atoms with Crippen molar-refractivity contribution in [3.8, 4) is 0 Å². The minimum Gasteiger partial charge on any atom is -0.351 e. The van der Waals surface area contributed by atoms with Gasteiger partial charge in [0.2, 0.25) is 5.91 Å². The third-order valence-corrected chi connectivity index (χ3v) is 4.24. The van der Waals surface area contributed by atoms with Crippen molar-refractivity contribution >= 4 is 22.7 Å². The van der Waals surface area contributed by atoms with Crippen molar-refractivity contribution in [2.45, 2.75) is 26.2 Å². The van der Waals surface area contributed by atoms with E-state index in [2.05, 4.69) is 10.3 Å². The molecule has 2 heterocycles. The van der Waals surface area contributed by atoms with Crippen LogP contribution in [0.25, 0.3) is 10.9 Å². The van der Waals surface area contributed by atoms with E-state index < -0.39 is 0 Å². The molecule has 1 aliphatic heterocycles. The minimum absolute atomic E-state index is 0.121. The smallest absolute Gasteiger partial charge is 0.253 e. The Hall–Kier alpha value is -2.43. The van der Waals surface area contributed by atoms with Gasteiger partial charge in [0.05, 0.1) is 16.8 Å². The summed E-state index contributed by atoms with van der Waals surface area (Å²) in [5, 5.41) is 3.77. The van der Waals surface area contributed by atoms with Crippen molar-refractivity contribution in [2.75, 3.05) is 19.6 Å². The van der Waals surface area contributed by atoms with Crippen LogP contribution in [-0.2, 0) is 4.79 Å². The maximum Gasteiger partial charge on any atom is 0.253 e. The number of hydrogen-bond donors (Lipinski definition) is 1. The molecule has 1 fully saturated rings. The Morgan fingerprint density at radius 1 is 1.22 bits per heavy atom. The highest BCUT2D eigenvalue weighted by Crippen LogP contribution is 2.16. The summed E-state index contributed by atoms with van der Waals surface area (Å²) in [5.41, 5.74) is 2.15. The fourth-order valence-corrected chi connectivity index (χ4v) is 2.94. The van der Waals surface area contributed by atoms with Gasteiger partial charge in [-0.15, -0.1) is 0 Å². The molecule has 5 nitrogen and oxygen atoms in total. The Kier molecular flexibility index (Phi) is 4.55. The van der Waals surface area contributed by atoms with Gasteiger partial charge in [0.1, 0.15) is 0 Å². The van der Waals surface area contributed by atoms with Gasteiger partial charge in [-0.25, -0.2) is 0 Å². The largest absolute Gasteiger partial charge is 0.351 e. The Bertz CT molecular complexity index is 736. The number of nitrogens with one attached hydrogen (secondary N) is 1. The van der Waals surface area contributed by atoms with Gasteiger partial charge in [0.15, 0.2) is 0 Å². The van der Waals surface area contributed by atoms with Crippen LogP contribution in [0.5, 0.6) is 0 Å². The topological polar surface area (TPSA) is 62.3 Å². The van der Waals surface area contributed by atoms with E-state index in [1.807, 2.05) is 42.2 Å². The number of nitrogens with zero attached hydrogens (tertiary/aromatic N) is 2. The molecule has 2 amide bonds. The van der Waals surface area contributed by atoms with Gasteiger partial charge in [-0.1, -0.05) is 18.2 Å². The predicted molar refractivity (Wildman–Crippen MR) is 89.2 cm³/mol. The summed E-state index contributed by atoms with van der Waals surface area (Å²) in [7, 11) is 0. The minimum atomic E-state index is -0.171. The van der Waals surface area contributed by atoms with Crippen molar-refractivity contribution in [1.82, 2.24) is 15.2 Å². The average molecular weight is 311 g/mol. The quantitative estimate of drug-likeness (QED) is 0.942. The number of carbonyl (C=O) groups is 2. The van der Waals surface area contributed by atoms with Crippen molar-refractivity contribution in [2.24, 2.45) is 0 Å². The lowest BCUT2D eigenvalue weighted by Crippen LogP contribution is -2.33. The van der Waals surface area contributed by atoms with Gasteiger partial charge in [-0.3, -0.25) is 14.6 Å². The van der Waals surface area contributed by atoms with Gasteiger partial charge < -0.3 is 10.2 Å². The lowest BCUT2D eigenvalue weighted by atomic mass is 10.1.